The van der Waals surface area contributed by atoms with Crippen molar-refractivity contribution in [3.8, 4) is 0 Å². The van der Waals surface area contributed by atoms with Crippen molar-refractivity contribution in [1.29, 1.82) is 0 Å². The molecule has 92 valence electrons. The molecule has 0 fully saturated rings. The predicted octanol–water partition coefficient (Wildman–Crippen LogP) is 3.20. The topological polar surface area (TPSA) is 61.7 Å². The van der Waals surface area contributed by atoms with Crippen LogP contribution in [0.4, 0.5) is 5.69 Å². The van der Waals surface area contributed by atoms with E-state index in [1.54, 1.807) is 29.7 Å². The zero-order valence-corrected chi connectivity index (χ0v) is 10.6. The molecule has 0 saturated carbocycles. The van der Waals surface area contributed by atoms with Crippen molar-refractivity contribution in [2.45, 2.75) is 6.92 Å². The Balaban J connectivity index is 1.98. The number of carboxylic acid groups (broad SMARTS) is 1. The zero-order valence-electron chi connectivity index (χ0n) is 9.75. The van der Waals surface area contributed by atoms with Crippen LogP contribution in [0, 0.1) is 6.92 Å². The fourth-order valence-electron chi connectivity index (χ4n) is 1.38. The summed E-state index contributed by atoms with van der Waals surface area (Å²) in [7, 11) is 0. The van der Waals surface area contributed by atoms with Crippen LogP contribution in [-0.2, 0) is 0 Å². The van der Waals surface area contributed by atoms with Gasteiger partial charge in [0.05, 0.1) is 17.5 Å². The van der Waals surface area contributed by atoms with Crippen molar-refractivity contribution in [2.75, 3.05) is 5.43 Å². The Kier molecular flexibility index (Phi) is 3.74. The largest absolute Gasteiger partial charge is 0.478 e. The molecule has 0 atom stereocenters. The van der Waals surface area contributed by atoms with Gasteiger partial charge in [0.25, 0.3) is 0 Å². The maximum absolute atomic E-state index is 10.7. The lowest BCUT2D eigenvalue weighted by Crippen LogP contribution is -1.96. The first-order chi connectivity index (χ1) is 8.65. The molecule has 0 unspecified atom stereocenters. The third-order valence-electron chi connectivity index (χ3n) is 2.28. The van der Waals surface area contributed by atoms with Crippen LogP contribution >= 0.6 is 11.3 Å². The van der Waals surface area contributed by atoms with E-state index in [-0.39, 0.29) is 5.56 Å². The molecule has 0 spiro atoms. The summed E-state index contributed by atoms with van der Waals surface area (Å²) >= 11 is 1.66. The molecule has 1 aromatic carbocycles. The molecule has 18 heavy (non-hydrogen) atoms. The van der Waals surface area contributed by atoms with Gasteiger partial charge in [-0.2, -0.15) is 5.10 Å². The summed E-state index contributed by atoms with van der Waals surface area (Å²) in [5, 5.41) is 12.8. The summed E-state index contributed by atoms with van der Waals surface area (Å²) < 4.78 is 0. The van der Waals surface area contributed by atoms with E-state index >= 15 is 0 Å². The van der Waals surface area contributed by atoms with Crippen LogP contribution in [0.1, 0.15) is 20.1 Å². The minimum Gasteiger partial charge on any atom is -0.478 e. The van der Waals surface area contributed by atoms with Crippen molar-refractivity contribution < 1.29 is 9.90 Å². The van der Waals surface area contributed by atoms with E-state index in [4.69, 9.17) is 5.11 Å². The van der Waals surface area contributed by atoms with E-state index in [1.165, 1.54) is 17.0 Å². The number of hydrazone groups is 1. The smallest absolute Gasteiger partial charge is 0.335 e. The summed E-state index contributed by atoms with van der Waals surface area (Å²) in [4.78, 5) is 13.0. The van der Waals surface area contributed by atoms with Gasteiger partial charge >= 0.3 is 5.97 Å². The third kappa shape index (κ3) is 3.18. The number of rotatable bonds is 4. The lowest BCUT2D eigenvalue weighted by molar-refractivity contribution is 0.0697. The van der Waals surface area contributed by atoms with Crippen molar-refractivity contribution in [1.82, 2.24) is 0 Å². The number of aromatic carboxylic acids is 1. The van der Waals surface area contributed by atoms with E-state index in [2.05, 4.69) is 10.5 Å². The van der Waals surface area contributed by atoms with Gasteiger partial charge in [0.2, 0.25) is 0 Å². The normalized spacial score (nSPS) is 10.7. The highest BCUT2D eigenvalue weighted by atomic mass is 32.1. The highest BCUT2D eigenvalue weighted by Crippen LogP contribution is 2.13. The number of hydrogen-bond donors (Lipinski definition) is 2. The predicted molar refractivity (Wildman–Crippen MR) is 73.7 cm³/mol. The quantitative estimate of drug-likeness (QED) is 0.655. The molecule has 2 rings (SSSR count). The average molecular weight is 260 g/mol. The molecule has 0 aliphatic heterocycles. The summed E-state index contributed by atoms with van der Waals surface area (Å²) in [6.45, 7) is 2.04. The number of nitrogens with one attached hydrogen (secondary N) is 1. The molecular formula is C13H12N2O2S. The molecule has 0 aliphatic carbocycles. The molecule has 2 aromatic rings. The Morgan fingerprint density at radius 1 is 1.28 bits per heavy atom. The molecule has 0 amide bonds. The van der Waals surface area contributed by atoms with E-state index in [1.807, 2.05) is 19.1 Å². The molecule has 0 bridgehead atoms. The fraction of sp³-hybridized carbons (Fsp3) is 0.0769. The number of thiophene rings is 1. The first-order valence-corrected chi connectivity index (χ1v) is 6.16. The van der Waals surface area contributed by atoms with Gasteiger partial charge in [0.15, 0.2) is 0 Å². The number of anilines is 1. The van der Waals surface area contributed by atoms with E-state index in [0.29, 0.717) is 0 Å². The van der Waals surface area contributed by atoms with Crippen LogP contribution in [0.25, 0.3) is 0 Å². The van der Waals surface area contributed by atoms with Crippen molar-refractivity contribution in [3.63, 3.8) is 0 Å². The van der Waals surface area contributed by atoms with Gasteiger partial charge in [-0.1, -0.05) is 0 Å². The van der Waals surface area contributed by atoms with E-state index in [0.717, 1.165) is 10.6 Å². The van der Waals surface area contributed by atoms with Gasteiger partial charge in [0, 0.05) is 9.75 Å². The van der Waals surface area contributed by atoms with Gasteiger partial charge in [-0.3, -0.25) is 5.43 Å². The molecule has 0 saturated heterocycles. The van der Waals surface area contributed by atoms with Gasteiger partial charge in [-0.05, 0) is 43.3 Å². The number of nitrogens with zero attached hydrogens (tertiary/aromatic N) is 1. The van der Waals surface area contributed by atoms with Gasteiger partial charge in [-0.15, -0.1) is 11.3 Å². The lowest BCUT2D eigenvalue weighted by atomic mass is 10.2. The number of carbonyl (C=O) groups is 1. The van der Waals surface area contributed by atoms with E-state index in [9.17, 15) is 4.79 Å². The monoisotopic (exact) mass is 260 g/mol. The van der Waals surface area contributed by atoms with Crippen LogP contribution in [0.15, 0.2) is 41.5 Å². The maximum Gasteiger partial charge on any atom is 0.335 e. The number of aryl methyl sites for hydroxylation is 1. The Hall–Kier alpha value is -2.14. The van der Waals surface area contributed by atoms with Crippen molar-refractivity contribution in [3.05, 3.63) is 51.7 Å². The van der Waals surface area contributed by atoms with Crippen LogP contribution in [0.2, 0.25) is 0 Å². The summed E-state index contributed by atoms with van der Waals surface area (Å²) in [6, 6.07) is 10.5. The van der Waals surface area contributed by atoms with Crippen LogP contribution in [0.5, 0.6) is 0 Å². The minimum atomic E-state index is -0.931. The van der Waals surface area contributed by atoms with Crippen LogP contribution in [0.3, 0.4) is 0 Å². The Bertz CT molecular complexity index is 573. The second-order valence-corrected chi connectivity index (χ2v) is 5.02. The SMILES string of the molecule is Cc1ccc(/C=N/Nc2ccc(C(=O)O)cc2)s1. The molecule has 5 heteroatoms. The molecule has 1 heterocycles. The second-order valence-electron chi connectivity index (χ2n) is 3.70. The van der Waals surface area contributed by atoms with Gasteiger partial charge in [0.1, 0.15) is 0 Å². The Morgan fingerprint density at radius 2 is 2.00 bits per heavy atom. The number of benzene rings is 1. The number of hydrogen-bond acceptors (Lipinski definition) is 4. The highest BCUT2D eigenvalue weighted by molar-refractivity contribution is 7.13. The minimum absolute atomic E-state index is 0.262. The van der Waals surface area contributed by atoms with Gasteiger partial charge in [-0.25, -0.2) is 4.79 Å². The molecule has 1 aromatic heterocycles. The van der Waals surface area contributed by atoms with Crippen molar-refractivity contribution in [2.24, 2.45) is 5.10 Å². The molecular weight excluding hydrogens is 248 g/mol. The third-order valence-corrected chi connectivity index (χ3v) is 3.21. The van der Waals surface area contributed by atoms with E-state index < -0.39 is 5.97 Å². The summed E-state index contributed by atoms with van der Waals surface area (Å²) in [6.07, 6.45) is 1.74. The molecule has 2 N–H and O–H groups in total. The van der Waals surface area contributed by atoms with Crippen LogP contribution < -0.4 is 5.43 Å². The Labute approximate surface area is 109 Å². The standard InChI is InChI=1S/C13H12N2O2S/c1-9-2-7-12(18-9)8-14-15-11-5-3-10(4-6-11)13(16)17/h2-8,15H,1H3,(H,16,17)/b14-8+. The first-order valence-electron chi connectivity index (χ1n) is 5.34. The summed E-state index contributed by atoms with van der Waals surface area (Å²) in [5.74, 6) is -0.931. The highest BCUT2D eigenvalue weighted by Gasteiger charge is 2.00. The lowest BCUT2D eigenvalue weighted by Gasteiger charge is -1.99. The summed E-state index contributed by atoms with van der Waals surface area (Å²) in [5.41, 5.74) is 3.87. The fourth-order valence-corrected chi connectivity index (χ4v) is 2.13. The maximum atomic E-state index is 10.7. The average Bonchev–Trinajstić information content (AvgIpc) is 2.76. The Morgan fingerprint density at radius 3 is 2.56 bits per heavy atom. The first kappa shape index (κ1) is 12.3. The van der Waals surface area contributed by atoms with Crippen molar-refractivity contribution >= 4 is 29.2 Å². The zero-order chi connectivity index (χ0) is 13.0. The molecule has 0 radical (unpaired) electrons. The molecule has 4 nitrogen and oxygen atoms in total. The van der Waals surface area contributed by atoms with Crippen LogP contribution in [-0.4, -0.2) is 17.3 Å². The number of carboxylic acids is 1. The molecule has 0 aliphatic rings. The second kappa shape index (κ2) is 5.46. The van der Waals surface area contributed by atoms with Gasteiger partial charge < -0.3 is 5.11 Å².